The lowest BCUT2D eigenvalue weighted by Crippen LogP contribution is -2.36. The maximum atomic E-state index is 13.2. The number of ether oxygens (including phenoxy) is 1. The number of aryl methyl sites for hydroxylation is 1. The molecule has 12 heteroatoms. The van der Waals surface area contributed by atoms with Crippen molar-refractivity contribution >= 4 is 28.7 Å². The smallest absolute Gasteiger partial charge is 0.253 e. The van der Waals surface area contributed by atoms with Crippen LogP contribution in [0.1, 0.15) is 33.9 Å². The lowest BCUT2D eigenvalue weighted by molar-refractivity contribution is 0.0936. The van der Waals surface area contributed by atoms with Gasteiger partial charge >= 0.3 is 0 Å². The van der Waals surface area contributed by atoms with Crippen LogP contribution in [0.3, 0.4) is 0 Å². The number of nitrogens with zero attached hydrogens (tertiary/aromatic N) is 8. The number of aromatic nitrogens is 7. The Labute approximate surface area is 258 Å². The lowest BCUT2D eigenvalue weighted by atomic mass is 10.1. The number of amides is 1. The first-order valence-electron chi connectivity index (χ1n) is 15.0. The number of benzene rings is 1. The van der Waals surface area contributed by atoms with E-state index in [-0.39, 0.29) is 11.9 Å². The van der Waals surface area contributed by atoms with E-state index in [9.17, 15) is 4.79 Å². The Kier molecular flexibility index (Phi) is 6.68. The van der Waals surface area contributed by atoms with Gasteiger partial charge in [0.2, 0.25) is 0 Å². The number of imidazole rings is 1. The van der Waals surface area contributed by atoms with Gasteiger partial charge in [-0.2, -0.15) is 5.10 Å². The van der Waals surface area contributed by atoms with Crippen molar-refractivity contribution in [2.45, 2.75) is 18.9 Å². The number of rotatable bonds is 6. The minimum atomic E-state index is -0.136. The summed E-state index contributed by atoms with van der Waals surface area (Å²) in [6.07, 6.45) is 8.52. The average Bonchev–Trinajstić information content (AvgIpc) is 3.84. The lowest BCUT2D eigenvalue weighted by Gasteiger charge is -2.27. The SMILES string of the molecule is Nc1ncccc1-c1nc2ccc(-n3cccn3)nc2n1-c1ccc2c(c1)CC[C@@H]2NC(=O)c1ccc(N2CCOCC2)nc1. The quantitative estimate of drug-likeness (QED) is 0.292. The summed E-state index contributed by atoms with van der Waals surface area (Å²) in [6, 6.07) is 19.4. The van der Waals surface area contributed by atoms with Gasteiger partial charge in [-0.15, -0.1) is 0 Å². The largest absolute Gasteiger partial charge is 0.383 e. The van der Waals surface area contributed by atoms with Gasteiger partial charge in [0.05, 0.1) is 30.4 Å². The van der Waals surface area contributed by atoms with Crippen LogP contribution in [0, 0.1) is 0 Å². The molecule has 6 aromatic rings. The van der Waals surface area contributed by atoms with E-state index in [1.165, 1.54) is 0 Å². The van der Waals surface area contributed by atoms with E-state index in [0.29, 0.717) is 41.9 Å². The van der Waals surface area contributed by atoms with Gasteiger partial charge < -0.3 is 20.7 Å². The minimum Gasteiger partial charge on any atom is -0.383 e. The van der Waals surface area contributed by atoms with Gasteiger partial charge in [0, 0.05) is 43.6 Å². The molecule has 1 aromatic carbocycles. The highest BCUT2D eigenvalue weighted by molar-refractivity contribution is 5.94. The Balaban J connectivity index is 1.11. The summed E-state index contributed by atoms with van der Waals surface area (Å²) < 4.78 is 9.17. The zero-order chi connectivity index (χ0) is 30.3. The van der Waals surface area contributed by atoms with Crippen molar-refractivity contribution in [3.05, 3.63) is 102 Å². The summed E-state index contributed by atoms with van der Waals surface area (Å²) in [4.78, 5) is 34.1. The van der Waals surface area contributed by atoms with Gasteiger partial charge in [0.25, 0.3) is 5.91 Å². The molecule has 1 aliphatic heterocycles. The van der Waals surface area contributed by atoms with Gasteiger partial charge in [-0.05, 0) is 78.6 Å². The molecule has 45 heavy (non-hydrogen) atoms. The summed E-state index contributed by atoms with van der Waals surface area (Å²) in [7, 11) is 0. The van der Waals surface area contributed by atoms with Crippen molar-refractivity contribution in [2.24, 2.45) is 0 Å². The molecule has 8 rings (SSSR count). The van der Waals surface area contributed by atoms with E-state index >= 15 is 0 Å². The molecular formula is C33H30N10O2. The number of carbonyl (C=O) groups is 1. The maximum absolute atomic E-state index is 13.2. The molecular weight excluding hydrogens is 568 g/mol. The molecule has 0 bridgehead atoms. The Morgan fingerprint density at radius 3 is 2.64 bits per heavy atom. The number of morpholine rings is 1. The second-order valence-corrected chi connectivity index (χ2v) is 11.1. The third-order valence-corrected chi connectivity index (χ3v) is 8.42. The third kappa shape index (κ3) is 4.94. The van der Waals surface area contributed by atoms with Crippen LogP contribution < -0.4 is 16.0 Å². The number of nitrogens with one attached hydrogen (secondary N) is 1. The number of pyridine rings is 3. The topological polar surface area (TPSA) is 142 Å². The van der Waals surface area contributed by atoms with E-state index in [1.807, 2.05) is 59.3 Å². The molecule has 0 spiro atoms. The highest BCUT2D eigenvalue weighted by Crippen LogP contribution is 2.36. The standard InChI is InChI=1S/C33H30N10O2/c34-30-25(3-1-12-35-30)31-38-27-9-11-29(42-14-2-13-37-42)40-32(27)43(31)23-6-7-24-21(19-23)4-8-26(24)39-33(44)22-5-10-28(36-20-22)41-15-17-45-18-16-41/h1-3,5-7,9-14,19-20,26H,4,8,15-18H2,(H2,34,35)(H,39,44)/t26-/m0/s1. The predicted octanol–water partition coefficient (Wildman–Crippen LogP) is 3.90. The molecule has 3 N–H and O–H groups in total. The molecule has 1 amide bonds. The molecule has 1 aliphatic carbocycles. The molecule has 1 saturated heterocycles. The van der Waals surface area contributed by atoms with Gasteiger partial charge in [-0.1, -0.05) is 6.07 Å². The predicted molar refractivity (Wildman–Crippen MR) is 169 cm³/mol. The normalized spacial score (nSPS) is 16.2. The van der Waals surface area contributed by atoms with Gasteiger partial charge in [-0.3, -0.25) is 9.36 Å². The van der Waals surface area contributed by atoms with Crippen molar-refractivity contribution < 1.29 is 9.53 Å². The van der Waals surface area contributed by atoms with Crippen molar-refractivity contribution in [1.82, 2.24) is 39.6 Å². The fourth-order valence-corrected chi connectivity index (χ4v) is 6.15. The van der Waals surface area contributed by atoms with Crippen LogP contribution in [-0.4, -0.2) is 66.5 Å². The molecule has 2 aliphatic rings. The average molecular weight is 599 g/mol. The van der Waals surface area contributed by atoms with Gasteiger partial charge in [0.15, 0.2) is 17.3 Å². The molecule has 1 atom stereocenters. The fraction of sp³-hybridized carbons (Fsp3) is 0.212. The Hall–Kier alpha value is -5.62. The van der Waals surface area contributed by atoms with E-state index in [0.717, 1.165) is 59.6 Å². The summed E-state index contributed by atoms with van der Waals surface area (Å²) in [5, 5.41) is 7.57. The number of fused-ring (bicyclic) bond motifs is 2. The van der Waals surface area contributed by atoms with Crippen LogP contribution in [0.2, 0.25) is 0 Å². The van der Waals surface area contributed by atoms with Crippen LogP contribution in [0.5, 0.6) is 0 Å². The molecule has 0 saturated carbocycles. The summed E-state index contributed by atoms with van der Waals surface area (Å²) in [5.41, 5.74) is 12.1. The highest BCUT2D eigenvalue weighted by Gasteiger charge is 2.27. The second-order valence-electron chi connectivity index (χ2n) is 11.1. The van der Waals surface area contributed by atoms with Crippen LogP contribution >= 0.6 is 0 Å². The molecule has 0 radical (unpaired) electrons. The summed E-state index contributed by atoms with van der Waals surface area (Å²) in [6.45, 7) is 2.97. The van der Waals surface area contributed by atoms with Crippen LogP contribution in [-0.2, 0) is 11.2 Å². The monoisotopic (exact) mass is 598 g/mol. The van der Waals surface area contributed by atoms with Crippen LogP contribution in [0.25, 0.3) is 34.1 Å². The maximum Gasteiger partial charge on any atom is 0.253 e. The summed E-state index contributed by atoms with van der Waals surface area (Å²) in [5.74, 6) is 2.44. The van der Waals surface area contributed by atoms with Gasteiger partial charge in [-0.25, -0.2) is 24.6 Å². The van der Waals surface area contributed by atoms with E-state index < -0.39 is 0 Å². The number of carbonyl (C=O) groups excluding carboxylic acids is 1. The van der Waals surface area contributed by atoms with Crippen molar-refractivity contribution in [1.29, 1.82) is 0 Å². The molecule has 224 valence electrons. The first-order valence-corrected chi connectivity index (χ1v) is 15.0. The molecule has 12 nitrogen and oxygen atoms in total. The van der Waals surface area contributed by atoms with E-state index in [1.54, 1.807) is 23.3 Å². The van der Waals surface area contributed by atoms with E-state index in [4.69, 9.17) is 20.4 Å². The van der Waals surface area contributed by atoms with Crippen LogP contribution in [0.4, 0.5) is 11.6 Å². The first-order chi connectivity index (χ1) is 22.1. The number of nitrogens with two attached hydrogens (primary N) is 1. The summed E-state index contributed by atoms with van der Waals surface area (Å²) >= 11 is 0. The molecule has 5 aromatic heterocycles. The van der Waals surface area contributed by atoms with Crippen molar-refractivity contribution in [2.75, 3.05) is 36.9 Å². The van der Waals surface area contributed by atoms with Crippen LogP contribution in [0.15, 0.2) is 85.5 Å². The second kappa shape index (κ2) is 11.1. The molecule has 1 fully saturated rings. The zero-order valence-electron chi connectivity index (χ0n) is 24.4. The Bertz CT molecular complexity index is 2010. The highest BCUT2D eigenvalue weighted by atomic mass is 16.5. The van der Waals surface area contributed by atoms with Crippen molar-refractivity contribution in [3.8, 4) is 22.9 Å². The zero-order valence-corrected chi connectivity index (χ0v) is 24.4. The molecule has 6 heterocycles. The number of hydrogen-bond donors (Lipinski definition) is 2. The fourth-order valence-electron chi connectivity index (χ4n) is 6.15. The Morgan fingerprint density at radius 1 is 0.956 bits per heavy atom. The first kappa shape index (κ1) is 27.0. The minimum absolute atomic E-state index is 0.0991. The number of hydrogen-bond acceptors (Lipinski definition) is 9. The van der Waals surface area contributed by atoms with Crippen molar-refractivity contribution in [3.63, 3.8) is 0 Å². The number of nitrogen functional groups attached to an aromatic ring is 1. The Morgan fingerprint density at radius 2 is 1.84 bits per heavy atom. The third-order valence-electron chi connectivity index (χ3n) is 8.42. The molecule has 0 unspecified atom stereocenters. The number of anilines is 2. The van der Waals surface area contributed by atoms with Gasteiger partial charge in [0.1, 0.15) is 17.2 Å². The van der Waals surface area contributed by atoms with E-state index in [2.05, 4.69) is 37.4 Å².